The fraction of sp³-hybridized carbons (Fsp3) is 0.0714. The van der Waals surface area contributed by atoms with Crippen molar-refractivity contribution < 1.29 is 14.7 Å². The Kier molecular flexibility index (Phi) is 3.95. The van der Waals surface area contributed by atoms with Gasteiger partial charge in [0, 0.05) is 11.9 Å². The van der Waals surface area contributed by atoms with Gasteiger partial charge in [-0.05, 0) is 36.8 Å². The summed E-state index contributed by atoms with van der Waals surface area (Å²) in [4.78, 5) is 26.7. The number of aromatic nitrogens is 1. The first-order valence-corrected chi connectivity index (χ1v) is 5.89. The number of aryl methyl sites for hydroxylation is 1. The second kappa shape index (κ2) is 5.83. The van der Waals surface area contributed by atoms with Crippen molar-refractivity contribution >= 4 is 23.5 Å². The molecule has 0 bridgehead atoms. The Labute approximate surface area is 115 Å². The highest BCUT2D eigenvalue weighted by molar-refractivity contribution is 6.03. The Hall–Kier alpha value is -2.89. The molecule has 0 atom stereocenters. The molecule has 6 nitrogen and oxygen atoms in total. The minimum atomic E-state index is -1.15. The van der Waals surface area contributed by atoms with Gasteiger partial charge in [-0.2, -0.15) is 0 Å². The Morgan fingerprint density at radius 1 is 1.15 bits per heavy atom. The summed E-state index contributed by atoms with van der Waals surface area (Å²) in [5.41, 5.74) is 1.56. The summed E-state index contributed by atoms with van der Waals surface area (Å²) in [7, 11) is 0. The van der Waals surface area contributed by atoms with Crippen LogP contribution in [0.5, 0.6) is 0 Å². The fourth-order valence-corrected chi connectivity index (χ4v) is 1.67. The topological polar surface area (TPSA) is 91.3 Å². The van der Waals surface area contributed by atoms with E-state index in [1.807, 2.05) is 19.1 Å². The molecule has 1 aromatic carbocycles. The van der Waals surface area contributed by atoms with Crippen molar-refractivity contribution in [2.75, 3.05) is 10.6 Å². The molecule has 0 aliphatic heterocycles. The average molecular weight is 271 g/mol. The van der Waals surface area contributed by atoms with Gasteiger partial charge in [-0.25, -0.2) is 14.6 Å². The van der Waals surface area contributed by atoms with Crippen LogP contribution < -0.4 is 10.6 Å². The summed E-state index contributed by atoms with van der Waals surface area (Å²) in [5.74, 6) is -1.14. The number of carboxylic acid groups (broad SMARTS) is 1. The van der Waals surface area contributed by atoms with E-state index in [0.29, 0.717) is 5.69 Å². The minimum Gasteiger partial charge on any atom is -0.478 e. The number of nitrogens with zero attached hydrogens (tertiary/aromatic N) is 1. The number of rotatable bonds is 3. The summed E-state index contributed by atoms with van der Waals surface area (Å²) in [6.45, 7) is 1.91. The third-order valence-corrected chi connectivity index (χ3v) is 2.55. The molecule has 102 valence electrons. The van der Waals surface area contributed by atoms with Crippen LogP contribution >= 0.6 is 0 Å². The van der Waals surface area contributed by atoms with Gasteiger partial charge in [0.05, 0.1) is 0 Å². The number of anilines is 2. The number of urea groups is 1. The highest BCUT2D eigenvalue weighted by Crippen LogP contribution is 2.13. The van der Waals surface area contributed by atoms with E-state index in [1.165, 1.54) is 18.3 Å². The molecular weight excluding hydrogens is 258 g/mol. The van der Waals surface area contributed by atoms with Gasteiger partial charge in [0.1, 0.15) is 11.4 Å². The van der Waals surface area contributed by atoms with E-state index in [-0.39, 0.29) is 11.4 Å². The van der Waals surface area contributed by atoms with Crippen molar-refractivity contribution in [3.63, 3.8) is 0 Å². The van der Waals surface area contributed by atoms with Crippen molar-refractivity contribution in [2.45, 2.75) is 6.92 Å². The summed E-state index contributed by atoms with van der Waals surface area (Å²) < 4.78 is 0. The van der Waals surface area contributed by atoms with E-state index < -0.39 is 12.0 Å². The fourth-order valence-electron chi connectivity index (χ4n) is 1.67. The van der Waals surface area contributed by atoms with Crippen molar-refractivity contribution in [1.29, 1.82) is 0 Å². The highest BCUT2D eigenvalue weighted by Gasteiger charge is 2.13. The number of amides is 2. The van der Waals surface area contributed by atoms with Gasteiger partial charge < -0.3 is 10.4 Å². The predicted molar refractivity (Wildman–Crippen MR) is 75.0 cm³/mol. The van der Waals surface area contributed by atoms with Crippen molar-refractivity contribution in [2.24, 2.45) is 0 Å². The molecule has 0 saturated heterocycles. The van der Waals surface area contributed by atoms with Crippen LogP contribution in [0, 0.1) is 6.92 Å². The molecule has 0 saturated carbocycles. The van der Waals surface area contributed by atoms with Crippen molar-refractivity contribution in [3.8, 4) is 0 Å². The van der Waals surface area contributed by atoms with Gasteiger partial charge in [-0.1, -0.05) is 12.1 Å². The largest absolute Gasteiger partial charge is 0.478 e. The van der Waals surface area contributed by atoms with Crippen LogP contribution in [0.3, 0.4) is 0 Å². The van der Waals surface area contributed by atoms with Gasteiger partial charge in [0.2, 0.25) is 0 Å². The molecule has 1 aromatic heterocycles. The van der Waals surface area contributed by atoms with Gasteiger partial charge in [-0.15, -0.1) is 0 Å². The van der Waals surface area contributed by atoms with Crippen LogP contribution in [-0.2, 0) is 0 Å². The molecule has 0 spiro atoms. The van der Waals surface area contributed by atoms with Gasteiger partial charge in [0.15, 0.2) is 0 Å². The molecule has 20 heavy (non-hydrogen) atoms. The van der Waals surface area contributed by atoms with Crippen LogP contribution in [-0.4, -0.2) is 22.1 Å². The van der Waals surface area contributed by atoms with Crippen LogP contribution in [0.1, 0.15) is 15.9 Å². The van der Waals surface area contributed by atoms with Crippen molar-refractivity contribution in [3.05, 3.63) is 53.7 Å². The molecule has 2 amide bonds. The van der Waals surface area contributed by atoms with Gasteiger partial charge in [0.25, 0.3) is 0 Å². The summed E-state index contributed by atoms with van der Waals surface area (Å²) >= 11 is 0. The van der Waals surface area contributed by atoms with Crippen molar-refractivity contribution in [1.82, 2.24) is 4.98 Å². The Bertz CT molecular complexity index is 656. The number of benzene rings is 1. The van der Waals surface area contributed by atoms with Crippen LogP contribution in [0.15, 0.2) is 42.6 Å². The monoisotopic (exact) mass is 271 g/mol. The van der Waals surface area contributed by atoms with Crippen LogP contribution in [0.4, 0.5) is 16.3 Å². The Morgan fingerprint density at radius 2 is 1.95 bits per heavy atom. The zero-order chi connectivity index (χ0) is 14.5. The minimum absolute atomic E-state index is 0.00477. The molecule has 1 heterocycles. The summed E-state index contributed by atoms with van der Waals surface area (Å²) in [6, 6.07) is 9.58. The zero-order valence-electron chi connectivity index (χ0n) is 10.8. The second-order valence-corrected chi connectivity index (χ2v) is 4.15. The third-order valence-electron chi connectivity index (χ3n) is 2.55. The maximum Gasteiger partial charge on any atom is 0.339 e. The molecule has 0 aliphatic carbocycles. The quantitative estimate of drug-likeness (QED) is 0.800. The number of nitrogens with one attached hydrogen (secondary N) is 2. The average Bonchev–Trinajstić information content (AvgIpc) is 2.38. The number of aromatic carboxylic acids is 1. The zero-order valence-corrected chi connectivity index (χ0v) is 10.8. The van der Waals surface area contributed by atoms with E-state index in [0.717, 1.165) is 5.56 Å². The molecule has 0 aliphatic rings. The number of hydrogen-bond donors (Lipinski definition) is 3. The van der Waals surface area contributed by atoms with E-state index in [2.05, 4.69) is 15.6 Å². The Morgan fingerprint density at radius 3 is 2.65 bits per heavy atom. The number of carbonyl (C=O) groups excluding carboxylic acids is 1. The van der Waals surface area contributed by atoms with Crippen LogP contribution in [0.2, 0.25) is 0 Å². The number of hydrogen-bond acceptors (Lipinski definition) is 3. The van der Waals surface area contributed by atoms with E-state index in [9.17, 15) is 9.59 Å². The molecule has 6 heteroatoms. The third kappa shape index (κ3) is 3.32. The number of pyridine rings is 1. The lowest BCUT2D eigenvalue weighted by atomic mass is 10.2. The maximum atomic E-state index is 11.8. The molecule has 2 aromatic rings. The van der Waals surface area contributed by atoms with E-state index >= 15 is 0 Å². The van der Waals surface area contributed by atoms with Crippen LogP contribution in [0.25, 0.3) is 0 Å². The summed E-state index contributed by atoms with van der Waals surface area (Å²) in [6.07, 6.45) is 1.41. The first-order chi connectivity index (χ1) is 9.56. The van der Waals surface area contributed by atoms with Gasteiger partial charge in [-0.3, -0.25) is 5.32 Å². The predicted octanol–water partition coefficient (Wildman–Crippen LogP) is 2.73. The molecule has 0 fully saturated rings. The SMILES string of the molecule is Cc1cccc(NC(=O)Nc2ncccc2C(=O)O)c1. The molecular formula is C14H13N3O3. The molecule has 2 rings (SSSR count). The lowest BCUT2D eigenvalue weighted by Gasteiger charge is -2.09. The number of carboxylic acids is 1. The summed E-state index contributed by atoms with van der Waals surface area (Å²) in [5, 5.41) is 14.0. The van der Waals surface area contributed by atoms with E-state index in [1.54, 1.807) is 12.1 Å². The van der Waals surface area contributed by atoms with E-state index in [4.69, 9.17) is 5.11 Å². The molecule has 3 N–H and O–H groups in total. The molecule has 0 unspecified atom stereocenters. The maximum absolute atomic E-state index is 11.8. The second-order valence-electron chi connectivity index (χ2n) is 4.15. The number of carbonyl (C=O) groups is 2. The highest BCUT2D eigenvalue weighted by atomic mass is 16.4. The Balaban J connectivity index is 2.11. The smallest absolute Gasteiger partial charge is 0.339 e. The normalized spacial score (nSPS) is 9.85. The molecule has 0 radical (unpaired) electrons. The lowest BCUT2D eigenvalue weighted by molar-refractivity contribution is 0.0697. The van der Waals surface area contributed by atoms with Gasteiger partial charge >= 0.3 is 12.0 Å². The lowest BCUT2D eigenvalue weighted by Crippen LogP contribution is -2.21. The standard InChI is InChI=1S/C14H13N3O3/c1-9-4-2-5-10(8-9)16-14(20)17-12-11(13(18)19)6-3-7-15-12/h2-8H,1H3,(H,18,19)(H2,15,16,17,20). The first kappa shape index (κ1) is 13.5. The first-order valence-electron chi connectivity index (χ1n) is 5.89.